The fraction of sp³-hybridized carbons (Fsp3) is 0.846. The number of rotatable bonds is 5. The molecule has 4 aliphatic rings. The maximum atomic E-state index is 11.8. The third-order valence-electron chi connectivity index (χ3n) is 10.1. The molecule has 0 spiro atoms. The molecule has 0 N–H and O–H groups in total. The Morgan fingerprint density at radius 3 is 2.61 bits per heavy atom. The van der Waals surface area contributed by atoms with E-state index in [4.69, 9.17) is 9.57 Å². The summed E-state index contributed by atoms with van der Waals surface area (Å²) in [6, 6.07) is -0.595. The lowest BCUT2D eigenvalue weighted by Gasteiger charge is -2.58. The maximum Gasteiger partial charge on any atom is 0.302 e. The van der Waals surface area contributed by atoms with E-state index in [2.05, 4.69) is 25.1 Å². The number of carbonyl (C=O) groups is 1. The van der Waals surface area contributed by atoms with Crippen molar-refractivity contribution in [3.8, 4) is 0 Å². The van der Waals surface area contributed by atoms with Crippen LogP contribution in [-0.2, 0) is 14.4 Å². The number of hydrogen-bond acceptors (Lipinski definition) is 6. The van der Waals surface area contributed by atoms with E-state index < -0.39 is 6.04 Å². The highest BCUT2D eigenvalue weighted by Crippen LogP contribution is 2.68. The van der Waals surface area contributed by atoms with Crippen LogP contribution in [0.4, 0.5) is 0 Å². The topological polar surface area (TPSA) is 91.0 Å². The van der Waals surface area contributed by atoms with Crippen LogP contribution in [-0.4, -0.2) is 35.9 Å². The number of nitrogens with zero attached hydrogens (tertiary/aromatic N) is 2. The van der Waals surface area contributed by atoms with Crippen molar-refractivity contribution in [2.24, 2.45) is 45.6 Å². The highest BCUT2D eigenvalue weighted by molar-refractivity contribution is 5.85. The summed E-state index contributed by atoms with van der Waals surface area (Å²) in [5.74, 6) is 1.41. The molecule has 0 aromatic rings. The van der Waals surface area contributed by atoms with E-state index in [1.165, 1.54) is 12.5 Å². The first-order valence-corrected chi connectivity index (χ1v) is 12.6. The smallest absolute Gasteiger partial charge is 0.302 e. The van der Waals surface area contributed by atoms with Gasteiger partial charge in [-0.1, -0.05) is 30.7 Å². The number of carbonyl (C=O) groups excluding carboxylic acids is 1. The van der Waals surface area contributed by atoms with E-state index in [0.717, 1.165) is 50.7 Å². The molecule has 184 valence electrons. The van der Waals surface area contributed by atoms with Crippen LogP contribution in [0.25, 0.3) is 0 Å². The average molecular weight is 461 g/mol. The number of esters is 1. The van der Waals surface area contributed by atoms with Crippen LogP contribution in [0.15, 0.2) is 16.8 Å². The van der Waals surface area contributed by atoms with Crippen molar-refractivity contribution < 1.29 is 19.3 Å². The fourth-order valence-corrected chi connectivity index (χ4v) is 8.68. The third kappa shape index (κ3) is 3.89. The van der Waals surface area contributed by atoms with Gasteiger partial charge in [-0.25, -0.2) is 0 Å². The minimum atomic E-state index is -0.595. The van der Waals surface area contributed by atoms with Crippen molar-refractivity contribution in [3.05, 3.63) is 21.8 Å². The summed E-state index contributed by atoms with van der Waals surface area (Å²) in [6.45, 7) is 10.0. The van der Waals surface area contributed by atoms with Gasteiger partial charge in [0.2, 0.25) is 6.04 Å². The lowest BCUT2D eigenvalue weighted by Crippen LogP contribution is -2.51. The van der Waals surface area contributed by atoms with Crippen molar-refractivity contribution in [2.45, 2.75) is 91.7 Å². The zero-order valence-electron chi connectivity index (χ0n) is 21.0. The molecule has 4 rings (SSSR count). The van der Waals surface area contributed by atoms with Gasteiger partial charge in [0, 0.05) is 37.0 Å². The van der Waals surface area contributed by atoms with E-state index in [0.29, 0.717) is 17.8 Å². The molecule has 4 aliphatic carbocycles. The lowest BCUT2D eigenvalue weighted by atomic mass is 9.47. The van der Waals surface area contributed by atoms with E-state index in [1.54, 1.807) is 14.0 Å². The monoisotopic (exact) mass is 460 g/mol. The molecule has 9 atom stereocenters. The van der Waals surface area contributed by atoms with E-state index in [-0.39, 0.29) is 39.7 Å². The molecule has 0 aromatic carbocycles. The van der Waals surface area contributed by atoms with Gasteiger partial charge in [-0.3, -0.25) is 14.9 Å². The number of nitro groups is 1. The Hall–Kier alpha value is -1.92. The minimum Gasteiger partial charge on any atom is -0.462 e. The Morgan fingerprint density at radius 2 is 1.97 bits per heavy atom. The van der Waals surface area contributed by atoms with Gasteiger partial charge in [0.15, 0.2) is 0 Å². The number of fused-ring (bicyclic) bond motifs is 5. The van der Waals surface area contributed by atoms with Gasteiger partial charge < -0.3 is 9.57 Å². The number of hydrogen-bond donors (Lipinski definition) is 0. The highest BCUT2D eigenvalue weighted by atomic mass is 16.6. The molecule has 0 aliphatic heterocycles. The number of allylic oxidation sites excluding steroid dienone is 1. The largest absolute Gasteiger partial charge is 0.462 e. The molecular formula is C26H40N2O5. The van der Waals surface area contributed by atoms with Gasteiger partial charge in [0.1, 0.15) is 13.2 Å². The summed E-state index contributed by atoms with van der Waals surface area (Å²) in [4.78, 5) is 28.4. The molecule has 33 heavy (non-hydrogen) atoms. The van der Waals surface area contributed by atoms with Crippen molar-refractivity contribution in [1.29, 1.82) is 0 Å². The van der Waals surface area contributed by atoms with Crippen LogP contribution in [0.3, 0.4) is 0 Å². The van der Waals surface area contributed by atoms with Crippen molar-refractivity contribution in [3.63, 3.8) is 0 Å². The SMILES string of the molecule is CO/N=C(\C)[C@@H]1[C@H]([C@H](C)[N+](=O)[O-])C[C@@H]2[C@@H]3CC=C4C[C@@H](OC(C)=O)CC[C@]4(C)[C@H]3CC[C@@]21C. The summed E-state index contributed by atoms with van der Waals surface area (Å²) < 4.78 is 5.56. The summed E-state index contributed by atoms with van der Waals surface area (Å²) in [5.41, 5.74) is 2.50. The Balaban J connectivity index is 1.66. The van der Waals surface area contributed by atoms with Gasteiger partial charge >= 0.3 is 5.97 Å². The second-order valence-electron chi connectivity index (χ2n) is 11.6. The van der Waals surface area contributed by atoms with E-state index in [1.807, 2.05) is 6.92 Å². The maximum absolute atomic E-state index is 11.8. The molecule has 0 radical (unpaired) electrons. The second kappa shape index (κ2) is 8.70. The van der Waals surface area contributed by atoms with E-state index in [9.17, 15) is 14.9 Å². The van der Waals surface area contributed by atoms with Crippen molar-refractivity contribution >= 4 is 11.7 Å². The fourth-order valence-electron chi connectivity index (χ4n) is 8.68. The van der Waals surface area contributed by atoms with Gasteiger partial charge in [0.05, 0.1) is 5.71 Å². The summed E-state index contributed by atoms with van der Waals surface area (Å²) >= 11 is 0. The normalized spacial score (nSPS) is 43.5. The zero-order chi connectivity index (χ0) is 24.1. The molecular weight excluding hydrogens is 420 g/mol. The number of ether oxygens (including phenoxy) is 1. The Kier molecular flexibility index (Phi) is 6.38. The van der Waals surface area contributed by atoms with Gasteiger partial charge in [0.25, 0.3) is 0 Å². The molecule has 3 saturated carbocycles. The Bertz CT molecular complexity index is 869. The Morgan fingerprint density at radius 1 is 1.24 bits per heavy atom. The van der Waals surface area contributed by atoms with E-state index >= 15 is 0 Å². The first kappa shape index (κ1) is 24.2. The third-order valence-corrected chi connectivity index (χ3v) is 10.1. The zero-order valence-corrected chi connectivity index (χ0v) is 21.0. The first-order valence-electron chi connectivity index (χ1n) is 12.6. The second-order valence-corrected chi connectivity index (χ2v) is 11.6. The Labute approximate surface area is 197 Å². The van der Waals surface area contributed by atoms with Crippen molar-refractivity contribution in [2.75, 3.05) is 7.11 Å². The van der Waals surface area contributed by atoms with Crippen LogP contribution in [0.1, 0.15) is 79.6 Å². The van der Waals surface area contributed by atoms with Gasteiger partial charge in [-0.2, -0.15) is 0 Å². The quantitative estimate of drug-likeness (QED) is 0.180. The van der Waals surface area contributed by atoms with Crippen molar-refractivity contribution in [1.82, 2.24) is 0 Å². The standard InChI is InChI=1S/C26H40N2O5/c1-15(27-32-6)24-21(16(2)28(30)31)14-23-20-8-7-18-13-19(33-17(3)29)9-11-25(18,4)22(20)10-12-26(23,24)5/h7,16,19-24H,8-14H2,1-6H3/b27-15+/t16-,19-,20+,21-,22-,23+,24+,25-,26-/m0/s1. The van der Waals surface area contributed by atoms with Crippen LogP contribution in [0.5, 0.6) is 0 Å². The van der Waals surface area contributed by atoms with Gasteiger partial charge in [-0.05, 0) is 74.0 Å². The van der Waals surface area contributed by atoms with Crippen LogP contribution < -0.4 is 0 Å². The first-order chi connectivity index (χ1) is 15.5. The molecule has 0 bridgehead atoms. The minimum absolute atomic E-state index is 0.00113. The molecule has 0 heterocycles. The average Bonchev–Trinajstić information content (AvgIpc) is 3.06. The summed E-state index contributed by atoms with van der Waals surface area (Å²) in [6.07, 6.45) is 9.36. The van der Waals surface area contributed by atoms with Gasteiger partial charge in [-0.15, -0.1) is 0 Å². The van der Waals surface area contributed by atoms with Crippen LogP contribution in [0, 0.1) is 50.5 Å². The molecule has 0 unspecified atom stereocenters. The van der Waals surface area contributed by atoms with Crippen LogP contribution >= 0.6 is 0 Å². The molecule has 0 saturated heterocycles. The molecule has 7 heteroatoms. The van der Waals surface area contributed by atoms with Crippen LogP contribution in [0.2, 0.25) is 0 Å². The molecule has 7 nitrogen and oxygen atoms in total. The predicted molar refractivity (Wildman–Crippen MR) is 126 cm³/mol. The molecule has 3 fully saturated rings. The summed E-state index contributed by atoms with van der Waals surface area (Å²) in [5, 5.41) is 16.1. The number of oxime groups is 1. The molecule has 0 amide bonds. The summed E-state index contributed by atoms with van der Waals surface area (Å²) in [7, 11) is 1.56. The highest BCUT2D eigenvalue weighted by Gasteiger charge is 2.63. The lowest BCUT2D eigenvalue weighted by molar-refractivity contribution is -0.528. The molecule has 0 aromatic heterocycles. The predicted octanol–water partition coefficient (Wildman–Crippen LogP) is 5.41.